The molecule has 0 saturated heterocycles. The summed E-state index contributed by atoms with van der Waals surface area (Å²) in [5.41, 5.74) is 5.21. The van der Waals surface area contributed by atoms with Crippen LogP contribution in [0.5, 0.6) is 5.88 Å². The van der Waals surface area contributed by atoms with Crippen LogP contribution >= 0.6 is 0 Å². The van der Waals surface area contributed by atoms with E-state index in [-0.39, 0.29) is 5.88 Å². The average molecular weight is 297 g/mol. The molecule has 0 amide bonds. The molecule has 0 radical (unpaired) electrons. The predicted octanol–water partition coefficient (Wildman–Crippen LogP) is 2.49. The predicted molar refractivity (Wildman–Crippen MR) is 86.4 cm³/mol. The molecule has 0 aliphatic rings. The van der Waals surface area contributed by atoms with Crippen molar-refractivity contribution in [2.45, 2.75) is 20.8 Å². The molecule has 3 heterocycles. The molecule has 0 aromatic carbocycles. The molecule has 0 spiro atoms. The van der Waals surface area contributed by atoms with Gasteiger partial charge in [-0.05, 0) is 32.4 Å². The van der Waals surface area contributed by atoms with Crippen molar-refractivity contribution in [1.29, 1.82) is 0 Å². The number of aromatic hydroxyl groups is 1. The molecule has 0 bridgehead atoms. The molecule has 0 aliphatic heterocycles. The van der Waals surface area contributed by atoms with E-state index in [1.807, 2.05) is 52.0 Å². The summed E-state index contributed by atoms with van der Waals surface area (Å²) < 4.78 is 1.47. The van der Waals surface area contributed by atoms with Gasteiger partial charge in [0, 0.05) is 37.6 Å². The summed E-state index contributed by atoms with van der Waals surface area (Å²) in [6.07, 6.45) is 1.84. The van der Waals surface area contributed by atoms with Crippen molar-refractivity contribution in [3.8, 4) is 17.0 Å². The molecule has 6 nitrogen and oxygen atoms in total. The smallest absolute Gasteiger partial charge is 0.215 e. The number of fused-ring (bicyclic) bond motifs is 1. The summed E-state index contributed by atoms with van der Waals surface area (Å²) in [5, 5.41) is 14.5. The highest BCUT2D eigenvalue weighted by molar-refractivity contribution is 5.82. The number of nitrogens with zero attached hydrogens (tertiary/aromatic N) is 5. The Balaban J connectivity index is 2.29. The van der Waals surface area contributed by atoms with E-state index in [0.29, 0.717) is 5.65 Å². The summed E-state index contributed by atoms with van der Waals surface area (Å²) >= 11 is 0. The maximum Gasteiger partial charge on any atom is 0.215 e. The van der Waals surface area contributed by atoms with E-state index in [9.17, 15) is 5.11 Å². The Morgan fingerprint density at radius 1 is 1.14 bits per heavy atom. The molecule has 3 aromatic rings. The van der Waals surface area contributed by atoms with Crippen molar-refractivity contribution in [2.75, 3.05) is 19.0 Å². The second-order valence-electron chi connectivity index (χ2n) is 5.70. The highest BCUT2D eigenvalue weighted by atomic mass is 16.3. The van der Waals surface area contributed by atoms with E-state index >= 15 is 0 Å². The number of rotatable bonds is 2. The Kier molecular flexibility index (Phi) is 3.24. The SMILES string of the molecule is Cc1cc(O)n2nc(C)c(-c3cnc(N(C)C)cc3C)c2n1. The van der Waals surface area contributed by atoms with E-state index in [2.05, 4.69) is 15.1 Å². The van der Waals surface area contributed by atoms with Gasteiger partial charge in [0.25, 0.3) is 0 Å². The molecule has 1 N–H and O–H groups in total. The second kappa shape index (κ2) is 4.98. The third kappa shape index (κ3) is 2.16. The maximum atomic E-state index is 10.1. The summed E-state index contributed by atoms with van der Waals surface area (Å²) in [7, 11) is 3.93. The highest BCUT2D eigenvalue weighted by Crippen LogP contribution is 2.32. The van der Waals surface area contributed by atoms with Gasteiger partial charge in [0.1, 0.15) is 5.82 Å². The lowest BCUT2D eigenvalue weighted by molar-refractivity contribution is 0.434. The van der Waals surface area contributed by atoms with Gasteiger partial charge in [0.15, 0.2) is 5.65 Å². The minimum Gasteiger partial charge on any atom is -0.493 e. The largest absolute Gasteiger partial charge is 0.493 e. The van der Waals surface area contributed by atoms with Crippen LogP contribution in [0.2, 0.25) is 0 Å². The number of anilines is 1. The number of aryl methyl sites for hydroxylation is 3. The standard InChI is InChI=1S/C16H19N5O/c1-9-6-13(20(4)5)17-8-12(9)15-11(3)19-21-14(22)7-10(2)18-16(15)21/h6-8,22H,1-5H3. The van der Waals surface area contributed by atoms with E-state index < -0.39 is 0 Å². The summed E-state index contributed by atoms with van der Waals surface area (Å²) in [6.45, 7) is 5.81. The number of aromatic nitrogens is 4. The Labute approximate surface area is 129 Å². The van der Waals surface area contributed by atoms with Crippen molar-refractivity contribution in [3.05, 3.63) is 35.3 Å². The summed E-state index contributed by atoms with van der Waals surface area (Å²) in [6, 6.07) is 3.64. The maximum absolute atomic E-state index is 10.1. The Hall–Kier alpha value is -2.63. The number of hydrogen-bond donors (Lipinski definition) is 1. The van der Waals surface area contributed by atoms with Gasteiger partial charge in [-0.2, -0.15) is 9.61 Å². The van der Waals surface area contributed by atoms with Crippen LogP contribution in [-0.4, -0.2) is 38.8 Å². The van der Waals surface area contributed by atoms with Crippen molar-refractivity contribution in [2.24, 2.45) is 0 Å². The van der Waals surface area contributed by atoms with Gasteiger partial charge in [0.2, 0.25) is 5.88 Å². The Morgan fingerprint density at radius 2 is 1.86 bits per heavy atom. The number of hydrogen-bond acceptors (Lipinski definition) is 5. The lowest BCUT2D eigenvalue weighted by atomic mass is 10.0. The zero-order valence-corrected chi connectivity index (χ0v) is 13.4. The van der Waals surface area contributed by atoms with Gasteiger partial charge in [0.05, 0.1) is 11.3 Å². The molecular weight excluding hydrogens is 278 g/mol. The average Bonchev–Trinajstić information content (AvgIpc) is 2.75. The first-order valence-electron chi connectivity index (χ1n) is 7.08. The Bertz CT molecular complexity index is 867. The summed E-state index contributed by atoms with van der Waals surface area (Å²) in [5.74, 6) is 0.995. The van der Waals surface area contributed by atoms with Gasteiger partial charge < -0.3 is 10.0 Å². The van der Waals surface area contributed by atoms with Crippen molar-refractivity contribution >= 4 is 11.5 Å². The molecule has 0 atom stereocenters. The minimum atomic E-state index is 0.0902. The fourth-order valence-corrected chi connectivity index (χ4v) is 2.59. The van der Waals surface area contributed by atoms with E-state index in [1.54, 1.807) is 6.07 Å². The monoisotopic (exact) mass is 297 g/mol. The fraction of sp³-hybridized carbons (Fsp3) is 0.312. The first-order valence-corrected chi connectivity index (χ1v) is 7.08. The van der Waals surface area contributed by atoms with E-state index in [4.69, 9.17) is 0 Å². The zero-order chi connectivity index (χ0) is 16.0. The molecule has 0 aliphatic carbocycles. The lowest BCUT2D eigenvalue weighted by Gasteiger charge is -2.13. The molecule has 3 aromatic heterocycles. The van der Waals surface area contributed by atoms with Crippen LogP contribution in [0, 0.1) is 20.8 Å². The van der Waals surface area contributed by atoms with Crippen LogP contribution < -0.4 is 4.90 Å². The number of pyridine rings is 1. The highest BCUT2D eigenvalue weighted by Gasteiger charge is 2.18. The first-order chi connectivity index (χ1) is 10.4. The normalized spacial score (nSPS) is 11.1. The van der Waals surface area contributed by atoms with E-state index in [1.165, 1.54) is 4.52 Å². The van der Waals surface area contributed by atoms with Gasteiger partial charge in [-0.1, -0.05) is 0 Å². The molecule has 3 rings (SSSR count). The van der Waals surface area contributed by atoms with Gasteiger partial charge >= 0.3 is 0 Å². The van der Waals surface area contributed by atoms with Gasteiger partial charge in [-0.15, -0.1) is 0 Å². The quantitative estimate of drug-likeness (QED) is 0.787. The molecule has 0 saturated carbocycles. The van der Waals surface area contributed by atoms with Crippen LogP contribution in [0.4, 0.5) is 5.82 Å². The minimum absolute atomic E-state index is 0.0902. The molecule has 0 fully saturated rings. The summed E-state index contributed by atoms with van der Waals surface area (Å²) in [4.78, 5) is 11.0. The van der Waals surface area contributed by atoms with Crippen LogP contribution in [-0.2, 0) is 0 Å². The third-order valence-corrected chi connectivity index (χ3v) is 3.70. The zero-order valence-electron chi connectivity index (χ0n) is 13.4. The Morgan fingerprint density at radius 3 is 2.50 bits per heavy atom. The van der Waals surface area contributed by atoms with E-state index in [0.717, 1.165) is 33.9 Å². The third-order valence-electron chi connectivity index (χ3n) is 3.70. The van der Waals surface area contributed by atoms with Crippen LogP contribution in [0.25, 0.3) is 16.8 Å². The van der Waals surface area contributed by atoms with Gasteiger partial charge in [-0.25, -0.2) is 9.97 Å². The molecule has 114 valence electrons. The van der Waals surface area contributed by atoms with Crippen molar-refractivity contribution in [1.82, 2.24) is 19.6 Å². The fourth-order valence-electron chi connectivity index (χ4n) is 2.59. The van der Waals surface area contributed by atoms with Gasteiger partial charge in [-0.3, -0.25) is 0 Å². The second-order valence-corrected chi connectivity index (χ2v) is 5.70. The van der Waals surface area contributed by atoms with Crippen molar-refractivity contribution in [3.63, 3.8) is 0 Å². The topological polar surface area (TPSA) is 66.6 Å². The van der Waals surface area contributed by atoms with Crippen LogP contribution in [0.3, 0.4) is 0 Å². The van der Waals surface area contributed by atoms with Crippen LogP contribution in [0.1, 0.15) is 17.0 Å². The lowest BCUT2D eigenvalue weighted by Crippen LogP contribution is -2.10. The molecule has 22 heavy (non-hydrogen) atoms. The molecule has 6 heteroatoms. The molecular formula is C16H19N5O. The molecule has 0 unspecified atom stereocenters. The van der Waals surface area contributed by atoms with Crippen LogP contribution in [0.15, 0.2) is 18.3 Å². The van der Waals surface area contributed by atoms with Crippen molar-refractivity contribution < 1.29 is 5.11 Å². The first kappa shape index (κ1) is 14.3.